The number of hydrogen-bond donors (Lipinski definition) is 1. The van der Waals surface area contributed by atoms with Crippen LogP contribution < -0.4 is 0 Å². The number of amides is 2. The molecular formula is C18H26N4O3. The third-order valence-corrected chi connectivity index (χ3v) is 5.88. The highest BCUT2D eigenvalue weighted by molar-refractivity contribution is 5.90. The van der Waals surface area contributed by atoms with E-state index < -0.39 is 11.6 Å². The van der Waals surface area contributed by atoms with E-state index in [0.717, 1.165) is 12.8 Å². The standard InChI is InChI=1S/C18H26N4O3/c1-13(23)22-12-18(11-14(24)17(22,2)3)5-9-21(10-6-18)16(25)15-19-7-4-8-20-15/h4,7-8,14,24H,5-6,9-12H2,1-3H3/t14-/m0/s1. The molecule has 2 saturated heterocycles. The monoisotopic (exact) mass is 346 g/mol. The van der Waals surface area contributed by atoms with Crippen molar-refractivity contribution in [1.29, 1.82) is 0 Å². The highest BCUT2D eigenvalue weighted by Crippen LogP contribution is 2.45. The van der Waals surface area contributed by atoms with Crippen molar-refractivity contribution in [2.24, 2.45) is 5.41 Å². The molecular weight excluding hydrogens is 320 g/mol. The number of piperidine rings is 2. The van der Waals surface area contributed by atoms with Crippen LogP contribution in [0.2, 0.25) is 0 Å². The SMILES string of the molecule is CC(=O)N1CC2(CCN(C(=O)c3ncccn3)CC2)C[C@H](O)C1(C)C. The quantitative estimate of drug-likeness (QED) is 0.823. The first-order valence-electron chi connectivity index (χ1n) is 8.78. The lowest BCUT2D eigenvalue weighted by Gasteiger charge is -2.55. The predicted molar refractivity (Wildman–Crippen MR) is 91.7 cm³/mol. The average molecular weight is 346 g/mol. The summed E-state index contributed by atoms with van der Waals surface area (Å²) in [5.41, 5.74) is -0.684. The van der Waals surface area contributed by atoms with Crippen molar-refractivity contribution in [3.05, 3.63) is 24.3 Å². The van der Waals surface area contributed by atoms with E-state index in [1.54, 1.807) is 35.2 Å². The van der Waals surface area contributed by atoms with E-state index in [4.69, 9.17) is 0 Å². The van der Waals surface area contributed by atoms with E-state index in [1.165, 1.54) is 0 Å². The second kappa shape index (κ2) is 6.37. The van der Waals surface area contributed by atoms with Gasteiger partial charge in [-0.3, -0.25) is 9.59 Å². The van der Waals surface area contributed by atoms with Gasteiger partial charge in [-0.05, 0) is 44.6 Å². The molecule has 1 N–H and O–H groups in total. The maximum Gasteiger partial charge on any atom is 0.291 e. The largest absolute Gasteiger partial charge is 0.391 e. The van der Waals surface area contributed by atoms with Crippen LogP contribution in [0.1, 0.15) is 50.7 Å². The third kappa shape index (κ3) is 3.25. The maximum absolute atomic E-state index is 12.5. The number of nitrogens with zero attached hydrogens (tertiary/aromatic N) is 4. The summed E-state index contributed by atoms with van der Waals surface area (Å²) in [6.07, 6.45) is 4.76. The third-order valence-electron chi connectivity index (χ3n) is 5.88. The molecule has 2 aliphatic heterocycles. The molecule has 1 atom stereocenters. The Bertz CT molecular complexity index is 654. The average Bonchev–Trinajstić information content (AvgIpc) is 2.59. The van der Waals surface area contributed by atoms with Crippen LogP contribution in [0.5, 0.6) is 0 Å². The summed E-state index contributed by atoms with van der Waals surface area (Å²) in [5, 5.41) is 10.6. The highest BCUT2D eigenvalue weighted by atomic mass is 16.3. The molecule has 25 heavy (non-hydrogen) atoms. The molecule has 1 aromatic heterocycles. The number of aliphatic hydroxyl groups is 1. The molecule has 0 aromatic carbocycles. The summed E-state index contributed by atoms with van der Waals surface area (Å²) in [7, 11) is 0. The van der Waals surface area contributed by atoms with Gasteiger partial charge in [-0.15, -0.1) is 0 Å². The summed E-state index contributed by atoms with van der Waals surface area (Å²) in [4.78, 5) is 36.2. The lowest BCUT2D eigenvalue weighted by molar-refractivity contribution is -0.156. The number of aromatic nitrogens is 2. The van der Waals surface area contributed by atoms with Gasteiger partial charge in [0.05, 0.1) is 11.6 Å². The van der Waals surface area contributed by atoms with Gasteiger partial charge in [0.25, 0.3) is 5.91 Å². The van der Waals surface area contributed by atoms with Crippen LogP contribution in [-0.4, -0.2) is 68.0 Å². The van der Waals surface area contributed by atoms with Crippen LogP contribution in [0.3, 0.4) is 0 Å². The lowest BCUT2D eigenvalue weighted by atomic mass is 9.67. The first kappa shape index (κ1) is 17.8. The zero-order valence-corrected chi connectivity index (χ0v) is 15.1. The van der Waals surface area contributed by atoms with Crippen LogP contribution in [0, 0.1) is 5.41 Å². The van der Waals surface area contributed by atoms with Gasteiger partial charge in [0.15, 0.2) is 0 Å². The van der Waals surface area contributed by atoms with Gasteiger partial charge in [-0.25, -0.2) is 9.97 Å². The summed E-state index contributed by atoms with van der Waals surface area (Å²) in [6, 6.07) is 1.68. The predicted octanol–water partition coefficient (Wildman–Crippen LogP) is 1.09. The van der Waals surface area contributed by atoms with Gasteiger partial charge in [0.2, 0.25) is 11.7 Å². The summed E-state index contributed by atoms with van der Waals surface area (Å²) < 4.78 is 0. The van der Waals surface area contributed by atoms with Crippen LogP contribution in [-0.2, 0) is 4.79 Å². The molecule has 0 aliphatic carbocycles. The fourth-order valence-electron chi connectivity index (χ4n) is 4.06. The van der Waals surface area contributed by atoms with Crippen molar-refractivity contribution in [2.45, 2.75) is 51.7 Å². The lowest BCUT2D eigenvalue weighted by Crippen LogP contribution is -2.64. The van der Waals surface area contributed by atoms with Gasteiger partial charge in [-0.1, -0.05) is 0 Å². The van der Waals surface area contributed by atoms with Gasteiger partial charge < -0.3 is 14.9 Å². The van der Waals surface area contributed by atoms with Crippen molar-refractivity contribution < 1.29 is 14.7 Å². The second-order valence-electron chi connectivity index (χ2n) is 7.84. The Morgan fingerprint density at radius 3 is 2.36 bits per heavy atom. The van der Waals surface area contributed by atoms with Crippen LogP contribution in [0.15, 0.2) is 18.5 Å². The first-order valence-corrected chi connectivity index (χ1v) is 8.78. The first-order chi connectivity index (χ1) is 11.8. The van der Waals surface area contributed by atoms with Gasteiger partial charge in [-0.2, -0.15) is 0 Å². The molecule has 7 nitrogen and oxygen atoms in total. The topological polar surface area (TPSA) is 86.6 Å². The van der Waals surface area contributed by atoms with Crippen molar-refractivity contribution in [1.82, 2.24) is 19.8 Å². The summed E-state index contributed by atoms with van der Waals surface area (Å²) >= 11 is 0. The minimum absolute atomic E-state index is 0.0145. The van der Waals surface area contributed by atoms with E-state index in [1.807, 2.05) is 13.8 Å². The zero-order valence-electron chi connectivity index (χ0n) is 15.1. The minimum atomic E-state index is -0.565. The van der Waals surface area contributed by atoms with E-state index in [-0.39, 0.29) is 23.1 Å². The van der Waals surface area contributed by atoms with E-state index in [2.05, 4.69) is 9.97 Å². The normalized spacial score (nSPS) is 25.0. The second-order valence-corrected chi connectivity index (χ2v) is 7.84. The number of rotatable bonds is 1. The molecule has 2 amide bonds. The van der Waals surface area contributed by atoms with E-state index >= 15 is 0 Å². The molecule has 2 aliphatic rings. The Hall–Kier alpha value is -2.02. The number of hydrogen-bond acceptors (Lipinski definition) is 5. The minimum Gasteiger partial charge on any atom is -0.391 e. The molecule has 3 heterocycles. The molecule has 0 radical (unpaired) electrons. The molecule has 136 valence electrons. The molecule has 1 spiro atoms. The number of aliphatic hydroxyl groups excluding tert-OH is 1. The fourth-order valence-corrected chi connectivity index (χ4v) is 4.06. The molecule has 2 fully saturated rings. The molecule has 0 unspecified atom stereocenters. The van der Waals surface area contributed by atoms with Gasteiger partial charge in [0, 0.05) is 39.0 Å². The molecule has 0 bridgehead atoms. The maximum atomic E-state index is 12.5. The Morgan fingerprint density at radius 1 is 1.20 bits per heavy atom. The molecule has 1 aromatic rings. The van der Waals surface area contributed by atoms with Crippen LogP contribution in [0.4, 0.5) is 0 Å². The Balaban J connectivity index is 1.71. The summed E-state index contributed by atoms with van der Waals surface area (Å²) in [6.45, 7) is 7.20. The van der Waals surface area contributed by atoms with Crippen LogP contribution in [0.25, 0.3) is 0 Å². The smallest absolute Gasteiger partial charge is 0.291 e. The number of carbonyl (C=O) groups excluding carboxylic acids is 2. The summed E-state index contributed by atoms with van der Waals surface area (Å²) in [5.74, 6) is 0.0449. The zero-order chi connectivity index (χ0) is 18.2. The molecule has 7 heteroatoms. The van der Waals surface area contributed by atoms with Crippen molar-refractivity contribution >= 4 is 11.8 Å². The van der Waals surface area contributed by atoms with Crippen molar-refractivity contribution in [2.75, 3.05) is 19.6 Å². The van der Waals surface area contributed by atoms with Crippen molar-refractivity contribution in [3.63, 3.8) is 0 Å². The molecule has 0 saturated carbocycles. The van der Waals surface area contributed by atoms with Crippen molar-refractivity contribution in [3.8, 4) is 0 Å². The number of carbonyl (C=O) groups is 2. The van der Waals surface area contributed by atoms with Crippen LogP contribution >= 0.6 is 0 Å². The fraction of sp³-hybridized carbons (Fsp3) is 0.667. The Morgan fingerprint density at radius 2 is 1.80 bits per heavy atom. The number of likely N-dealkylation sites (tertiary alicyclic amines) is 2. The van der Waals surface area contributed by atoms with E-state index in [0.29, 0.717) is 26.1 Å². The van der Waals surface area contributed by atoms with Gasteiger partial charge in [0.1, 0.15) is 0 Å². The van der Waals surface area contributed by atoms with Gasteiger partial charge >= 0.3 is 0 Å². The molecule has 3 rings (SSSR count). The Labute approximate surface area is 148 Å². The highest BCUT2D eigenvalue weighted by Gasteiger charge is 2.50. The Kier molecular flexibility index (Phi) is 4.53. The van der Waals surface area contributed by atoms with E-state index in [9.17, 15) is 14.7 Å².